The Morgan fingerprint density at radius 3 is 2.78 bits per heavy atom. The summed E-state index contributed by atoms with van der Waals surface area (Å²) in [5.41, 5.74) is 12.2. The summed E-state index contributed by atoms with van der Waals surface area (Å²) in [5, 5.41) is 11.5. The van der Waals surface area contributed by atoms with E-state index in [1.807, 2.05) is 5.38 Å². The van der Waals surface area contributed by atoms with Gasteiger partial charge in [-0.2, -0.15) is 11.3 Å². The van der Waals surface area contributed by atoms with E-state index in [2.05, 4.69) is 11.4 Å². The van der Waals surface area contributed by atoms with Crippen LogP contribution in [0.4, 0.5) is 0 Å². The van der Waals surface area contributed by atoms with Crippen molar-refractivity contribution in [1.29, 1.82) is 5.41 Å². The Kier molecular flexibility index (Phi) is 4.01. The lowest BCUT2D eigenvalue weighted by Gasteiger charge is -2.22. The van der Waals surface area contributed by atoms with Crippen molar-refractivity contribution in [3.63, 3.8) is 0 Å². The Labute approximate surface area is 111 Å². The van der Waals surface area contributed by atoms with Crippen LogP contribution in [0.25, 0.3) is 0 Å². The molecule has 3 atom stereocenters. The molecule has 0 saturated heterocycles. The number of carbonyl (C=O) groups excluding carboxylic acids is 1. The summed E-state index contributed by atoms with van der Waals surface area (Å²) in [5.74, 6) is 0.601. The van der Waals surface area contributed by atoms with Crippen molar-refractivity contribution in [3.8, 4) is 0 Å². The van der Waals surface area contributed by atoms with E-state index in [1.54, 1.807) is 11.3 Å². The van der Waals surface area contributed by atoms with E-state index < -0.39 is 0 Å². The molecule has 0 radical (unpaired) electrons. The zero-order valence-corrected chi connectivity index (χ0v) is 11.1. The normalized spacial score (nSPS) is 27.2. The van der Waals surface area contributed by atoms with Gasteiger partial charge < -0.3 is 11.5 Å². The summed E-state index contributed by atoms with van der Waals surface area (Å²) in [6, 6.07) is 2.08. The monoisotopic (exact) mass is 265 g/mol. The fourth-order valence-corrected chi connectivity index (χ4v) is 3.74. The van der Waals surface area contributed by atoms with E-state index in [0.717, 1.165) is 19.3 Å². The molecule has 5 N–H and O–H groups in total. The molecular formula is C13H19N3OS. The van der Waals surface area contributed by atoms with E-state index in [0.29, 0.717) is 12.3 Å². The predicted molar refractivity (Wildman–Crippen MR) is 73.6 cm³/mol. The third-order valence-corrected chi connectivity index (χ3v) is 4.57. The van der Waals surface area contributed by atoms with E-state index in [-0.39, 0.29) is 23.6 Å². The number of carbonyl (C=O) groups is 1. The lowest BCUT2D eigenvalue weighted by atomic mass is 9.82. The first kappa shape index (κ1) is 13.1. The topological polar surface area (TPSA) is 93.0 Å². The van der Waals surface area contributed by atoms with E-state index in [1.165, 1.54) is 5.56 Å². The van der Waals surface area contributed by atoms with Crippen molar-refractivity contribution in [3.05, 3.63) is 22.4 Å². The molecule has 1 saturated carbocycles. The van der Waals surface area contributed by atoms with Crippen LogP contribution in [-0.2, 0) is 4.79 Å². The number of thiophene rings is 1. The first-order valence-corrected chi connectivity index (χ1v) is 7.18. The summed E-state index contributed by atoms with van der Waals surface area (Å²) in [7, 11) is 0. The van der Waals surface area contributed by atoms with E-state index >= 15 is 0 Å². The Hall–Kier alpha value is -1.36. The number of nitrogens with one attached hydrogen (secondary N) is 1. The van der Waals surface area contributed by atoms with Crippen LogP contribution in [0.1, 0.15) is 37.2 Å². The van der Waals surface area contributed by atoms with Crippen molar-refractivity contribution >= 4 is 23.1 Å². The maximum atomic E-state index is 11.5. The summed E-state index contributed by atoms with van der Waals surface area (Å²) >= 11 is 1.65. The van der Waals surface area contributed by atoms with Gasteiger partial charge in [-0.1, -0.05) is 0 Å². The van der Waals surface area contributed by atoms with Crippen LogP contribution in [0.2, 0.25) is 0 Å². The van der Waals surface area contributed by atoms with Crippen LogP contribution < -0.4 is 11.5 Å². The largest absolute Gasteiger partial charge is 0.388 e. The molecule has 1 aromatic heterocycles. The van der Waals surface area contributed by atoms with Gasteiger partial charge in [0.2, 0.25) is 5.91 Å². The number of nitrogens with two attached hydrogens (primary N) is 2. The molecule has 1 aromatic rings. The number of hydrogen-bond donors (Lipinski definition) is 3. The van der Waals surface area contributed by atoms with Gasteiger partial charge in [-0.25, -0.2) is 0 Å². The van der Waals surface area contributed by atoms with Gasteiger partial charge in [-0.3, -0.25) is 10.2 Å². The highest BCUT2D eigenvalue weighted by Crippen LogP contribution is 2.46. The molecule has 2 rings (SSSR count). The van der Waals surface area contributed by atoms with Gasteiger partial charge in [-0.05, 0) is 53.5 Å². The van der Waals surface area contributed by atoms with Crippen molar-refractivity contribution in [1.82, 2.24) is 0 Å². The Morgan fingerprint density at radius 2 is 2.22 bits per heavy atom. The van der Waals surface area contributed by atoms with Crippen LogP contribution in [0.5, 0.6) is 0 Å². The zero-order chi connectivity index (χ0) is 13.1. The second kappa shape index (κ2) is 5.52. The van der Waals surface area contributed by atoms with Crippen LogP contribution in [0.3, 0.4) is 0 Å². The summed E-state index contributed by atoms with van der Waals surface area (Å²) < 4.78 is 0. The second-order valence-electron chi connectivity index (χ2n) is 4.99. The van der Waals surface area contributed by atoms with E-state index in [9.17, 15) is 4.79 Å². The van der Waals surface area contributed by atoms with Gasteiger partial charge >= 0.3 is 0 Å². The SMILES string of the molecule is N=C(N)CC[C@H]1CC[C@H](C(N)=O)[C@@H]1c1ccsc1. The molecular weight excluding hydrogens is 246 g/mol. The maximum Gasteiger partial charge on any atom is 0.221 e. The lowest BCUT2D eigenvalue weighted by molar-refractivity contribution is -0.122. The molecule has 1 aliphatic rings. The third-order valence-electron chi connectivity index (χ3n) is 3.87. The molecule has 0 aromatic carbocycles. The first-order chi connectivity index (χ1) is 8.59. The van der Waals surface area contributed by atoms with Gasteiger partial charge in [0.25, 0.3) is 0 Å². The average Bonchev–Trinajstić information content (AvgIpc) is 2.94. The van der Waals surface area contributed by atoms with Crippen LogP contribution in [0, 0.1) is 17.2 Å². The number of rotatable bonds is 5. The maximum absolute atomic E-state index is 11.5. The molecule has 0 spiro atoms. The number of amidine groups is 1. The van der Waals surface area contributed by atoms with Crippen LogP contribution >= 0.6 is 11.3 Å². The number of amides is 1. The van der Waals surface area contributed by atoms with Crippen molar-refractivity contribution < 1.29 is 4.79 Å². The predicted octanol–water partition coefficient (Wildman–Crippen LogP) is 2.06. The smallest absolute Gasteiger partial charge is 0.221 e. The number of hydrogen-bond acceptors (Lipinski definition) is 3. The summed E-state index contributed by atoms with van der Waals surface area (Å²) in [6.45, 7) is 0. The van der Waals surface area contributed by atoms with Crippen molar-refractivity contribution in [2.75, 3.05) is 0 Å². The molecule has 4 nitrogen and oxygen atoms in total. The van der Waals surface area contributed by atoms with E-state index in [4.69, 9.17) is 16.9 Å². The van der Waals surface area contributed by atoms with Gasteiger partial charge in [0, 0.05) is 12.3 Å². The average molecular weight is 265 g/mol. The minimum absolute atomic E-state index is 0.0587. The molecule has 0 bridgehead atoms. The van der Waals surface area contributed by atoms with Gasteiger partial charge in [0.1, 0.15) is 0 Å². The standard InChI is InChI=1S/C13H19N3OS/c14-11(15)4-2-8-1-3-10(13(16)17)12(8)9-5-6-18-7-9/h5-8,10,12H,1-4H2,(H3,14,15)(H2,16,17)/t8-,10+,12+/m1/s1. The van der Waals surface area contributed by atoms with Gasteiger partial charge in [0.05, 0.1) is 5.84 Å². The lowest BCUT2D eigenvalue weighted by Crippen LogP contribution is -2.27. The second-order valence-corrected chi connectivity index (χ2v) is 5.77. The van der Waals surface area contributed by atoms with Crippen LogP contribution in [0.15, 0.2) is 16.8 Å². The quantitative estimate of drug-likeness (QED) is 0.561. The molecule has 1 aliphatic carbocycles. The fraction of sp³-hybridized carbons (Fsp3) is 0.538. The summed E-state index contributed by atoms with van der Waals surface area (Å²) in [4.78, 5) is 11.5. The molecule has 98 valence electrons. The minimum Gasteiger partial charge on any atom is -0.388 e. The number of primary amides is 1. The molecule has 1 fully saturated rings. The fourth-order valence-electron chi connectivity index (χ4n) is 3.03. The van der Waals surface area contributed by atoms with Gasteiger partial charge in [-0.15, -0.1) is 0 Å². The van der Waals surface area contributed by atoms with Crippen molar-refractivity contribution in [2.24, 2.45) is 23.3 Å². The molecule has 0 aliphatic heterocycles. The molecule has 0 unspecified atom stereocenters. The Bertz CT molecular complexity index is 429. The third kappa shape index (κ3) is 2.72. The highest BCUT2D eigenvalue weighted by atomic mass is 32.1. The highest BCUT2D eigenvalue weighted by molar-refractivity contribution is 7.08. The molecule has 1 heterocycles. The molecule has 1 amide bonds. The highest BCUT2D eigenvalue weighted by Gasteiger charge is 2.39. The minimum atomic E-state index is -0.198. The Morgan fingerprint density at radius 1 is 1.44 bits per heavy atom. The Balaban J connectivity index is 2.15. The summed E-state index contributed by atoms with van der Waals surface area (Å²) in [6.07, 6.45) is 3.34. The van der Waals surface area contributed by atoms with Crippen LogP contribution in [-0.4, -0.2) is 11.7 Å². The van der Waals surface area contributed by atoms with Gasteiger partial charge in [0.15, 0.2) is 0 Å². The molecule has 5 heteroatoms. The first-order valence-electron chi connectivity index (χ1n) is 6.24. The molecule has 18 heavy (non-hydrogen) atoms. The zero-order valence-electron chi connectivity index (χ0n) is 10.3. The van der Waals surface area contributed by atoms with Crippen molar-refractivity contribution in [2.45, 2.75) is 31.6 Å².